The van der Waals surface area contributed by atoms with Crippen LogP contribution in [0.3, 0.4) is 0 Å². The van der Waals surface area contributed by atoms with Crippen LogP contribution < -0.4 is 0 Å². The van der Waals surface area contributed by atoms with Crippen molar-refractivity contribution in [3.05, 3.63) is 21.6 Å². The maximum absolute atomic E-state index is 2.20. The zero-order valence-corrected chi connectivity index (χ0v) is 18.3. The van der Waals surface area contributed by atoms with E-state index in [0.29, 0.717) is 19.0 Å². The fraction of sp³-hybridized carbons (Fsp3) is 0.733. The normalized spacial score (nSPS) is 22.1. The quantitative estimate of drug-likeness (QED) is 0.500. The van der Waals surface area contributed by atoms with Crippen molar-refractivity contribution in [1.82, 2.24) is 0 Å². The molecule has 0 spiro atoms. The van der Waals surface area contributed by atoms with Crippen LogP contribution >= 0.6 is 0 Å². The van der Waals surface area contributed by atoms with Gasteiger partial charge in [0.2, 0.25) is 0 Å². The van der Waals surface area contributed by atoms with Crippen LogP contribution in [0.15, 0.2) is 21.6 Å². The zero-order chi connectivity index (χ0) is 12.9. The molecule has 0 aromatic rings. The van der Waals surface area contributed by atoms with E-state index in [0.717, 1.165) is 0 Å². The van der Waals surface area contributed by atoms with E-state index >= 15 is 0 Å². The summed E-state index contributed by atoms with van der Waals surface area (Å²) in [5.74, 6) is 0. The number of allylic oxidation sites excluding steroid dienone is 4. The number of rotatable bonds is 0. The molecule has 0 unspecified atom stereocenters. The summed E-state index contributed by atoms with van der Waals surface area (Å²) in [5, 5.41) is 0. The third kappa shape index (κ3) is 10.7. The zero-order valence-electron chi connectivity index (χ0n) is 11.9. The van der Waals surface area contributed by atoms with Gasteiger partial charge in [-0.25, -0.2) is 0 Å². The van der Waals surface area contributed by atoms with Crippen molar-refractivity contribution in [2.75, 3.05) is 0 Å². The standard InChI is InChI=1S/2C5H12Si.C5H5.Hf/c2*1-2-4-6-5-3-1;1-2-4-5-3-1;/h2*1-6H2;1-3H,4H2;. The molecule has 0 aromatic carbocycles. The molecule has 3 aliphatic rings. The number of hydrogen-bond donors (Lipinski definition) is 0. The first-order chi connectivity index (χ1) is 8.89. The Morgan fingerprint density at radius 2 is 1.28 bits per heavy atom. The molecule has 2 aliphatic heterocycles. The Hall–Kier alpha value is 0.784. The Morgan fingerprint density at radius 3 is 1.39 bits per heavy atom. The summed E-state index contributed by atoms with van der Waals surface area (Å²) in [4.78, 5) is 0. The van der Waals surface area contributed by atoms with Gasteiger partial charge >= 0.3 is 52.4 Å². The SMILES string of the molecule is C1CC[SiH2]CC1.C1CC[SiH2]CC1.[Hf][C]1=CC=CC1. The fourth-order valence-corrected chi connectivity index (χ4v) is 6.87. The number of hydrogen-bond acceptors (Lipinski definition) is 0. The van der Waals surface area contributed by atoms with Crippen molar-refractivity contribution in [3.63, 3.8) is 0 Å². The molecule has 0 nitrogen and oxygen atoms in total. The van der Waals surface area contributed by atoms with E-state index in [9.17, 15) is 0 Å². The van der Waals surface area contributed by atoms with Crippen LogP contribution in [0.25, 0.3) is 0 Å². The molecule has 0 bridgehead atoms. The Bertz CT molecular complexity index is 206. The van der Waals surface area contributed by atoms with Gasteiger partial charge in [0.15, 0.2) is 0 Å². The molecule has 0 atom stereocenters. The van der Waals surface area contributed by atoms with Gasteiger partial charge in [0, 0.05) is 19.0 Å². The topological polar surface area (TPSA) is 0 Å². The van der Waals surface area contributed by atoms with Gasteiger partial charge in [-0.1, -0.05) is 62.7 Å². The molecule has 3 rings (SSSR count). The molecule has 2 heterocycles. The van der Waals surface area contributed by atoms with Crippen LogP contribution in [0.5, 0.6) is 0 Å². The monoisotopic (exact) mass is 445 g/mol. The summed E-state index contributed by atoms with van der Waals surface area (Å²) in [6.45, 7) is 0. The molecule has 18 heavy (non-hydrogen) atoms. The first kappa shape index (κ1) is 16.8. The van der Waals surface area contributed by atoms with E-state index in [-0.39, 0.29) is 0 Å². The molecule has 1 aliphatic carbocycles. The second-order valence-electron chi connectivity index (χ2n) is 5.57. The summed E-state index contributed by atoms with van der Waals surface area (Å²) in [6, 6.07) is 6.56. The van der Waals surface area contributed by atoms with Gasteiger partial charge in [-0.15, -0.1) is 0 Å². The Morgan fingerprint density at radius 1 is 0.778 bits per heavy atom. The second kappa shape index (κ2) is 12.8. The molecule has 0 radical (unpaired) electrons. The molecule has 0 amide bonds. The Balaban J connectivity index is 0.000000135. The third-order valence-corrected chi connectivity index (χ3v) is 9.10. The van der Waals surface area contributed by atoms with E-state index < -0.39 is 0 Å². The molecule has 101 valence electrons. The van der Waals surface area contributed by atoms with E-state index in [1.165, 1.54) is 43.6 Å². The minimum atomic E-state index is 0.508. The molecule has 0 aromatic heterocycles. The Labute approximate surface area is 133 Å². The molecule has 0 saturated carbocycles. The minimum absolute atomic E-state index is 0.508. The molecule has 2 saturated heterocycles. The molecular weight excluding hydrogens is 415 g/mol. The van der Waals surface area contributed by atoms with Crippen LogP contribution in [0, 0.1) is 0 Å². The van der Waals surface area contributed by atoms with Crippen LogP contribution in [0.4, 0.5) is 0 Å². The van der Waals surface area contributed by atoms with Gasteiger partial charge < -0.3 is 0 Å². The van der Waals surface area contributed by atoms with Crippen molar-refractivity contribution in [3.8, 4) is 0 Å². The Kier molecular flexibility index (Phi) is 12.0. The molecular formula is C15H29HfSi2. The summed E-state index contributed by atoms with van der Waals surface area (Å²) >= 11 is 1.25. The van der Waals surface area contributed by atoms with Crippen LogP contribution in [0.2, 0.25) is 24.2 Å². The molecule has 0 N–H and O–H groups in total. The van der Waals surface area contributed by atoms with Gasteiger partial charge in [0.1, 0.15) is 0 Å². The average Bonchev–Trinajstić information content (AvgIpc) is 2.95. The van der Waals surface area contributed by atoms with Crippen molar-refractivity contribution in [2.24, 2.45) is 0 Å². The van der Waals surface area contributed by atoms with Gasteiger partial charge in [0.05, 0.1) is 0 Å². The van der Waals surface area contributed by atoms with E-state index in [2.05, 4.69) is 18.2 Å². The maximum atomic E-state index is 2.20. The predicted octanol–water partition coefficient (Wildman–Crippen LogP) is 3.73. The van der Waals surface area contributed by atoms with Crippen LogP contribution in [0.1, 0.15) is 44.9 Å². The van der Waals surface area contributed by atoms with E-state index in [4.69, 9.17) is 0 Å². The first-order valence-electron chi connectivity index (χ1n) is 7.97. The van der Waals surface area contributed by atoms with Crippen molar-refractivity contribution in [1.29, 1.82) is 0 Å². The van der Waals surface area contributed by atoms with Crippen LogP contribution in [-0.4, -0.2) is 19.0 Å². The molecule has 3 heteroatoms. The van der Waals surface area contributed by atoms with Crippen molar-refractivity contribution >= 4 is 19.0 Å². The fourth-order valence-electron chi connectivity index (χ4n) is 2.57. The first-order valence-corrected chi connectivity index (χ1v) is 13.8. The van der Waals surface area contributed by atoms with Gasteiger partial charge in [-0.2, -0.15) is 0 Å². The average molecular weight is 444 g/mol. The van der Waals surface area contributed by atoms with E-state index in [1.807, 2.05) is 0 Å². The van der Waals surface area contributed by atoms with Gasteiger partial charge in [-0.05, 0) is 0 Å². The summed E-state index contributed by atoms with van der Waals surface area (Å²) < 4.78 is 1.61. The van der Waals surface area contributed by atoms with Crippen molar-refractivity contribution < 1.29 is 24.4 Å². The van der Waals surface area contributed by atoms with E-state index in [1.54, 1.807) is 53.2 Å². The summed E-state index contributed by atoms with van der Waals surface area (Å²) in [5.41, 5.74) is 0. The predicted molar refractivity (Wildman–Crippen MR) is 85.9 cm³/mol. The second-order valence-corrected chi connectivity index (χ2v) is 12.1. The van der Waals surface area contributed by atoms with Crippen LogP contribution in [-0.2, 0) is 24.4 Å². The van der Waals surface area contributed by atoms with Crippen molar-refractivity contribution in [2.45, 2.75) is 69.1 Å². The molecule has 2 fully saturated rings. The summed E-state index contributed by atoms with van der Waals surface area (Å²) in [6.07, 6.45) is 17.1. The third-order valence-electron chi connectivity index (χ3n) is 3.77. The van der Waals surface area contributed by atoms with Gasteiger partial charge in [0.25, 0.3) is 0 Å². The summed E-state index contributed by atoms with van der Waals surface area (Å²) in [7, 11) is 1.02. The van der Waals surface area contributed by atoms with Gasteiger partial charge in [-0.3, -0.25) is 0 Å².